The quantitative estimate of drug-likeness (QED) is 0.849. The van der Waals surface area contributed by atoms with Crippen molar-refractivity contribution in [2.75, 3.05) is 26.3 Å². The lowest BCUT2D eigenvalue weighted by atomic mass is 9.78. The van der Waals surface area contributed by atoms with E-state index in [4.69, 9.17) is 4.74 Å². The van der Waals surface area contributed by atoms with Crippen LogP contribution in [-0.2, 0) is 4.74 Å². The van der Waals surface area contributed by atoms with Crippen molar-refractivity contribution < 1.29 is 18.6 Å². The highest BCUT2D eigenvalue weighted by Gasteiger charge is 2.30. The lowest BCUT2D eigenvalue weighted by Gasteiger charge is -2.36. The number of halogens is 2. The van der Waals surface area contributed by atoms with Crippen LogP contribution in [0.2, 0.25) is 0 Å². The van der Waals surface area contributed by atoms with Crippen molar-refractivity contribution in [3.8, 4) is 0 Å². The molecular formula is C16H23F2NO2. The van der Waals surface area contributed by atoms with Crippen LogP contribution in [0, 0.1) is 17.0 Å². The molecule has 0 aliphatic carbocycles. The Labute approximate surface area is 124 Å². The second kappa shape index (κ2) is 7.29. The highest BCUT2D eigenvalue weighted by molar-refractivity contribution is 5.21. The molecule has 21 heavy (non-hydrogen) atoms. The van der Waals surface area contributed by atoms with Crippen molar-refractivity contribution in [3.63, 3.8) is 0 Å². The number of hydrogen-bond donors (Lipinski definition) is 2. The summed E-state index contributed by atoms with van der Waals surface area (Å²) < 4.78 is 32.1. The van der Waals surface area contributed by atoms with Crippen LogP contribution in [0.3, 0.4) is 0 Å². The zero-order valence-electron chi connectivity index (χ0n) is 12.4. The molecule has 1 atom stereocenters. The Kier molecular flexibility index (Phi) is 5.67. The number of nitrogens with one attached hydrogen (secondary N) is 1. The average molecular weight is 299 g/mol. The van der Waals surface area contributed by atoms with Gasteiger partial charge in [-0.1, -0.05) is 6.92 Å². The molecule has 1 unspecified atom stereocenters. The third-order valence-corrected chi connectivity index (χ3v) is 4.46. The maximum absolute atomic E-state index is 13.6. The molecule has 3 nitrogen and oxygen atoms in total. The minimum absolute atomic E-state index is 0.0000240. The van der Waals surface area contributed by atoms with E-state index < -0.39 is 17.7 Å². The Morgan fingerprint density at radius 3 is 2.71 bits per heavy atom. The largest absolute Gasteiger partial charge is 0.387 e. The van der Waals surface area contributed by atoms with Gasteiger partial charge in [-0.05, 0) is 42.9 Å². The molecule has 2 N–H and O–H groups in total. The van der Waals surface area contributed by atoms with E-state index in [2.05, 4.69) is 12.2 Å². The minimum Gasteiger partial charge on any atom is -0.387 e. The van der Waals surface area contributed by atoms with Gasteiger partial charge in [-0.15, -0.1) is 0 Å². The molecule has 1 aliphatic rings. The van der Waals surface area contributed by atoms with Gasteiger partial charge >= 0.3 is 0 Å². The van der Waals surface area contributed by atoms with Gasteiger partial charge in [0.05, 0.1) is 6.10 Å². The van der Waals surface area contributed by atoms with E-state index in [1.165, 1.54) is 0 Å². The molecule has 1 saturated heterocycles. The Morgan fingerprint density at radius 1 is 1.33 bits per heavy atom. The molecular weight excluding hydrogens is 276 g/mol. The lowest BCUT2D eigenvalue weighted by molar-refractivity contribution is 0.0114. The van der Waals surface area contributed by atoms with Crippen molar-refractivity contribution in [2.45, 2.75) is 32.3 Å². The molecule has 0 saturated carbocycles. The van der Waals surface area contributed by atoms with Crippen molar-refractivity contribution in [3.05, 3.63) is 35.4 Å². The van der Waals surface area contributed by atoms with E-state index in [0.29, 0.717) is 0 Å². The second-order valence-electron chi connectivity index (χ2n) is 5.78. The number of aliphatic hydroxyl groups excluding tert-OH is 1. The van der Waals surface area contributed by atoms with Gasteiger partial charge in [0.15, 0.2) is 0 Å². The summed E-state index contributed by atoms with van der Waals surface area (Å²) in [6.07, 6.45) is 1.96. The SMILES string of the molecule is CCC1(CNCC(O)c2cc(F)ccc2F)CCOCC1. The van der Waals surface area contributed by atoms with Gasteiger partial charge in [-0.3, -0.25) is 0 Å². The van der Waals surface area contributed by atoms with Crippen LogP contribution < -0.4 is 5.32 Å². The molecule has 0 bridgehead atoms. The van der Waals surface area contributed by atoms with E-state index in [-0.39, 0.29) is 17.5 Å². The Hall–Kier alpha value is -1.04. The lowest BCUT2D eigenvalue weighted by Crippen LogP contribution is -2.40. The van der Waals surface area contributed by atoms with E-state index >= 15 is 0 Å². The van der Waals surface area contributed by atoms with Gasteiger partial charge in [-0.25, -0.2) is 8.78 Å². The predicted molar refractivity (Wildman–Crippen MR) is 77.0 cm³/mol. The normalized spacial score (nSPS) is 19.4. The summed E-state index contributed by atoms with van der Waals surface area (Å²) in [5, 5.41) is 13.2. The van der Waals surface area contributed by atoms with Crippen LogP contribution in [0.15, 0.2) is 18.2 Å². The van der Waals surface area contributed by atoms with Gasteiger partial charge in [0, 0.05) is 31.9 Å². The summed E-state index contributed by atoms with van der Waals surface area (Å²) in [7, 11) is 0. The highest BCUT2D eigenvalue weighted by Crippen LogP contribution is 2.33. The van der Waals surface area contributed by atoms with Crippen molar-refractivity contribution in [2.24, 2.45) is 5.41 Å². The molecule has 0 radical (unpaired) electrons. The first-order valence-corrected chi connectivity index (χ1v) is 7.48. The topological polar surface area (TPSA) is 41.5 Å². The first-order chi connectivity index (χ1) is 10.1. The van der Waals surface area contributed by atoms with Gasteiger partial charge < -0.3 is 15.2 Å². The van der Waals surface area contributed by atoms with Gasteiger partial charge in [-0.2, -0.15) is 0 Å². The van der Waals surface area contributed by atoms with Gasteiger partial charge in [0.1, 0.15) is 11.6 Å². The molecule has 1 aromatic carbocycles. The minimum atomic E-state index is -1.05. The summed E-state index contributed by atoms with van der Waals surface area (Å²) in [6, 6.07) is 3.14. The summed E-state index contributed by atoms with van der Waals surface area (Å²) in [6.45, 7) is 4.63. The van der Waals surface area contributed by atoms with Crippen LogP contribution >= 0.6 is 0 Å². The third kappa shape index (κ3) is 4.22. The molecule has 1 fully saturated rings. The van der Waals surface area contributed by atoms with Crippen LogP contribution in [-0.4, -0.2) is 31.4 Å². The fourth-order valence-corrected chi connectivity index (χ4v) is 2.81. The summed E-state index contributed by atoms with van der Waals surface area (Å²) in [4.78, 5) is 0. The standard InChI is InChI=1S/C16H23F2NO2/c1-2-16(5-7-21-8-6-16)11-19-10-15(20)13-9-12(17)3-4-14(13)18/h3-4,9,15,19-20H,2,5-8,10-11H2,1H3. The van der Waals surface area contributed by atoms with Gasteiger partial charge in [0.2, 0.25) is 0 Å². The van der Waals surface area contributed by atoms with Crippen molar-refractivity contribution >= 4 is 0 Å². The summed E-state index contributed by atoms with van der Waals surface area (Å²) >= 11 is 0. The Balaban J connectivity index is 1.88. The number of benzene rings is 1. The van der Waals surface area contributed by atoms with Gasteiger partial charge in [0.25, 0.3) is 0 Å². The van der Waals surface area contributed by atoms with Crippen LogP contribution in [0.1, 0.15) is 37.9 Å². The molecule has 1 aliphatic heterocycles. The molecule has 118 valence electrons. The third-order valence-electron chi connectivity index (χ3n) is 4.46. The van der Waals surface area contributed by atoms with Crippen LogP contribution in [0.5, 0.6) is 0 Å². The number of hydrogen-bond acceptors (Lipinski definition) is 3. The van der Waals surface area contributed by atoms with Crippen molar-refractivity contribution in [1.82, 2.24) is 5.32 Å². The Bertz CT molecular complexity index is 462. The monoisotopic (exact) mass is 299 g/mol. The van der Waals surface area contributed by atoms with Crippen LogP contribution in [0.25, 0.3) is 0 Å². The Morgan fingerprint density at radius 2 is 2.05 bits per heavy atom. The van der Waals surface area contributed by atoms with E-state index in [0.717, 1.165) is 57.2 Å². The zero-order valence-corrected chi connectivity index (χ0v) is 12.4. The second-order valence-corrected chi connectivity index (χ2v) is 5.78. The predicted octanol–water partition coefficient (Wildman–Crippen LogP) is 2.79. The first kappa shape index (κ1) is 16.3. The summed E-state index contributed by atoms with van der Waals surface area (Å²) in [5.74, 6) is -1.12. The number of rotatable bonds is 6. The molecule has 0 amide bonds. The molecule has 0 spiro atoms. The van der Waals surface area contributed by atoms with E-state index in [1.807, 2.05) is 0 Å². The molecule has 1 aromatic rings. The fraction of sp³-hybridized carbons (Fsp3) is 0.625. The highest BCUT2D eigenvalue weighted by atomic mass is 19.1. The molecule has 0 aromatic heterocycles. The zero-order chi connectivity index (χ0) is 15.3. The van der Waals surface area contributed by atoms with E-state index in [9.17, 15) is 13.9 Å². The molecule has 5 heteroatoms. The molecule has 1 heterocycles. The first-order valence-electron chi connectivity index (χ1n) is 7.48. The number of aliphatic hydroxyl groups is 1. The average Bonchev–Trinajstić information content (AvgIpc) is 2.50. The van der Waals surface area contributed by atoms with Crippen LogP contribution in [0.4, 0.5) is 8.78 Å². The van der Waals surface area contributed by atoms with E-state index in [1.54, 1.807) is 0 Å². The maximum atomic E-state index is 13.6. The fourth-order valence-electron chi connectivity index (χ4n) is 2.81. The number of ether oxygens (including phenoxy) is 1. The smallest absolute Gasteiger partial charge is 0.129 e. The van der Waals surface area contributed by atoms with Crippen molar-refractivity contribution in [1.29, 1.82) is 0 Å². The summed E-state index contributed by atoms with van der Waals surface area (Å²) in [5.41, 5.74) is 0.179. The molecule has 2 rings (SSSR count). The maximum Gasteiger partial charge on any atom is 0.129 e.